The number of likely N-dealkylation sites (tertiary alicyclic amines) is 1. The van der Waals surface area contributed by atoms with Crippen LogP contribution >= 0.6 is 0 Å². The lowest BCUT2D eigenvalue weighted by Crippen LogP contribution is -2.43. The van der Waals surface area contributed by atoms with E-state index in [1.165, 1.54) is 24.9 Å². The fourth-order valence-electron chi connectivity index (χ4n) is 2.59. The Bertz CT molecular complexity index is 409. The first-order valence-electron chi connectivity index (χ1n) is 6.85. The molecule has 19 heavy (non-hydrogen) atoms. The molecule has 4 heteroatoms. The molecule has 0 spiro atoms. The van der Waals surface area contributed by atoms with Gasteiger partial charge < -0.3 is 19.7 Å². The summed E-state index contributed by atoms with van der Waals surface area (Å²) in [6.45, 7) is 3.22. The van der Waals surface area contributed by atoms with Gasteiger partial charge in [0.05, 0.1) is 14.2 Å². The summed E-state index contributed by atoms with van der Waals surface area (Å²) in [5.74, 6) is 1.58. The van der Waals surface area contributed by atoms with Gasteiger partial charge in [-0.2, -0.15) is 0 Å². The molecule has 1 fully saturated rings. The van der Waals surface area contributed by atoms with Crippen molar-refractivity contribution in [3.05, 3.63) is 23.8 Å². The molecule has 106 valence electrons. The van der Waals surface area contributed by atoms with Crippen molar-refractivity contribution in [2.75, 3.05) is 34.4 Å². The molecule has 1 N–H and O–H groups in total. The number of ether oxygens (including phenoxy) is 2. The monoisotopic (exact) mass is 264 g/mol. The summed E-state index contributed by atoms with van der Waals surface area (Å²) >= 11 is 0. The average Bonchev–Trinajstić information content (AvgIpc) is 2.45. The van der Waals surface area contributed by atoms with Gasteiger partial charge in [-0.15, -0.1) is 0 Å². The second-order valence-corrected chi connectivity index (χ2v) is 5.17. The van der Waals surface area contributed by atoms with Crippen molar-refractivity contribution in [2.45, 2.75) is 25.4 Å². The molecule has 1 aliphatic rings. The van der Waals surface area contributed by atoms with Crippen LogP contribution in [-0.2, 0) is 6.54 Å². The van der Waals surface area contributed by atoms with Gasteiger partial charge in [-0.25, -0.2) is 0 Å². The third kappa shape index (κ3) is 3.85. The maximum Gasteiger partial charge on any atom is 0.161 e. The number of rotatable bonds is 5. The quantitative estimate of drug-likeness (QED) is 0.880. The maximum absolute atomic E-state index is 5.32. The third-order valence-electron chi connectivity index (χ3n) is 3.67. The molecule has 4 nitrogen and oxygen atoms in total. The van der Waals surface area contributed by atoms with E-state index in [1.807, 2.05) is 12.1 Å². The highest BCUT2D eigenvalue weighted by atomic mass is 16.5. The minimum Gasteiger partial charge on any atom is -0.493 e. The van der Waals surface area contributed by atoms with E-state index >= 15 is 0 Å². The molecular weight excluding hydrogens is 240 g/mol. The minimum atomic E-state index is 0.590. The van der Waals surface area contributed by atoms with Gasteiger partial charge in [0, 0.05) is 19.1 Å². The van der Waals surface area contributed by atoms with Gasteiger partial charge in [0.15, 0.2) is 11.5 Å². The Labute approximate surface area is 115 Å². The summed E-state index contributed by atoms with van der Waals surface area (Å²) in [7, 11) is 5.52. The van der Waals surface area contributed by atoms with Crippen molar-refractivity contribution in [1.29, 1.82) is 0 Å². The molecule has 1 unspecified atom stereocenters. The van der Waals surface area contributed by atoms with E-state index in [4.69, 9.17) is 9.47 Å². The SMILES string of the molecule is COc1ccc(CNC2CCCN(C)C2)cc1OC. The highest BCUT2D eigenvalue weighted by molar-refractivity contribution is 5.42. The van der Waals surface area contributed by atoms with Crippen molar-refractivity contribution < 1.29 is 9.47 Å². The Balaban J connectivity index is 1.92. The molecule has 1 atom stereocenters. The van der Waals surface area contributed by atoms with E-state index in [0.29, 0.717) is 6.04 Å². The first-order valence-corrected chi connectivity index (χ1v) is 6.85. The van der Waals surface area contributed by atoms with E-state index in [0.717, 1.165) is 24.6 Å². The molecule has 2 rings (SSSR count). The van der Waals surface area contributed by atoms with E-state index in [-0.39, 0.29) is 0 Å². The number of nitrogens with zero attached hydrogens (tertiary/aromatic N) is 1. The standard InChI is InChI=1S/C15H24N2O2/c1-17-8-4-5-13(11-17)16-10-12-6-7-14(18-2)15(9-12)19-3/h6-7,9,13,16H,4-5,8,10-11H2,1-3H3. The van der Waals surface area contributed by atoms with Crippen LogP contribution in [0.2, 0.25) is 0 Å². The van der Waals surface area contributed by atoms with Gasteiger partial charge in [0.1, 0.15) is 0 Å². The van der Waals surface area contributed by atoms with Gasteiger partial charge in [0.25, 0.3) is 0 Å². The van der Waals surface area contributed by atoms with E-state index in [2.05, 4.69) is 23.3 Å². The largest absolute Gasteiger partial charge is 0.493 e. The average molecular weight is 264 g/mol. The fourth-order valence-corrected chi connectivity index (χ4v) is 2.59. The van der Waals surface area contributed by atoms with Gasteiger partial charge in [0.2, 0.25) is 0 Å². The molecule has 1 heterocycles. The second kappa shape index (κ2) is 6.78. The van der Waals surface area contributed by atoms with Crippen molar-refractivity contribution in [3.63, 3.8) is 0 Å². The number of benzene rings is 1. The summed E-state index contributed by atoms with van der Waals surface area (Å²) in [6, 6.07) is 6.68. The summed E-state index contributed by atoms with van der Waals surface area (Å²) in [5.41, 5.74) is 1.23. The number of hydrogen-bond acceptors (Lipinski definition) is 4. The Kier molecular flexibility index (Phi) is 5.05. The number of piperidine rings is 1. The lowest BCUT2D eigenvalue weighted by molar-refractivity contribution is 0.226. The zero-order valence-electron chi connectivity index (χ0n) is 12.1. The fraction of sp³-hybridized carbons (Fsp3) is 0.600. The van der Waals surface area contributed by atoms with Gasteiger partial charge >= 0.3 is 0 Å². The minimum absolute atomic E-state index is 0.590. The van der Waals surface area contributed by atoms with Crippen LogP contribution in [0.1, 0.15) is 18.4 Å². The normalized spacial score (nSPS) is 20.3. The predicted octanol–water partition coefficient (Wildman–Crippen LogP) is 1.89. The van der Waals surface area contributed by atoms with Crippen LogP contribution in [0.5, 0.6) is 11.5 Å². The van der Waals surface area contributed by atoms with Crippen molar-refractivity contribution in [1.82, 2.24) is 10.2 Å². The second-order valence-electron chi connectivity index (χ2n) is 5.17. The van der Waals surface area contributed by atoms with Crippen molar-refractivity contribution >= 4 is 0 Å². The number of hydrogen-bond donors (Lipinski definition) is 1. The molecule has 1 saturated heterocycles. The van der Waals surface area contributed by atoms with Crippen LogP contribution in [0.15, 0.2) is 18.2 Å². The van der Waals surface area contributed by atoms with Crippen LogP contribution in [0, 0.1) is 0 Å². The van der Waals surface area contributed by atoms with E-state index in [9.17, 15) is 0 Å². The third-order valence-corrected chi connectivity index (χ3v) is 3.67. The van der Waals surface area contributed by atoms with E-state index < -0.39 is 0 Å². The van der Waals surface area contributed by atoms with Crippen LogP contribution in [0.3, 0.4) is 0 Å². The molecule has 0 saturated carbocycles. The zero-order valence-corrected chi connectivity index (χ0v) is 12.1. The van der Waals surface area contributed by atoms with E-state index in [1.54, 1.807) is 14.2 Å². The Hall–Kier alpha value is -1.26. The first-order chi connectivity index (χ1) is 9.22. The number of likely N-dealkylation sites (N-methyl/N-ethyl adjacent to an activating group) is 1. The molecule has 0 aliphatic carbocycles. The zero-order chi connectivity index (χ0) is 13.7. The molecule has 1 aromatic rings. The maximum atomic E-state index is 5.32. The topological polar surface area (TPSA) is 33.7 Å². The number of nitrogens with one attached hydrogen (secondary N) is 1. The summed E-state index contributed by atoms with van der Waals surface area (Å²) in [5, 5.41) is 3.62. The molecule has 1 aromatic carbocycles. The number of methoxy groups -OCH3 is 2. The molecule has 0 aromatic heterocycles. The Morgan fingerprint density at radius 2 is 2.05 bits per heavy atom. The summed E-state index contributed by atoms with van der Waals surface area (Å²) in [6.07, 6.45) is 2.54. The Morgan fingerprint density at radius 3 is 2.74 bits per heavy atom. The van der Waals surface area contributed by atoms with Crippen LogP contribution in [0.25, 0.3) is 0 Å². The summed E-state index contributed by atoms with van der Waals surface area (Å²) < 4.78 is 10.6. The van der Waals surface area contributed by atoms with Gasteiger partial charge in [-0.3, -0.25) is 0 Å². The van der Waals surface area contributed by atoms with Gasteiger partial charge in [-0.1, -0.05) is 6.07 Å². The molecule has 0 amide bonds. The van der Waals surface area contributed by atoms with Crippen LogP contribution in [0.4, 0.5) is 0 Å². The highest BCUT2D eigenvalue weighted by Gasteiger charge is 2.16. The predicted molar refractivity (Wildman–Crippen MR) is 76.9 cm³/mol. The highest BCUT2D eigenvalue weighted by Crippen LogP contribution is 2.27. The van der Waals surface area contributed by atoms with Crippen LogP contribution in [-0.4, -0.2) is 45.3 Å². The summed E-state index contributed by atoms with van der Waals surface area (Å²) in [4.78, 5) is 2.38. The first kappa shape index (κ1) is 14.2. The Morgan fingerprint density at radius 1 is 1.26 bits per heavy atom. The van der Waals surface area contributed by atoms with Crippen LogP contribution < -0.4 is 14.8 Å². The van der Waals surface area contributed by atoms with Crippen molar-refractivity contribution in [2.24, 2.45) is 0 Å². The lowest BCUT2D eigenvalue weighted by Gasteiger charge is -2.30. The molecule has 0 bridgehead atoms. The lowest BCUT2D eigenvalue weighted by atomic mass is 10.1. The molecule has 0 radical (unpaired) electrons. The molecule has 1 aliphatic heterocycles. The van der Waals surface area contributed by atoms with Gasteiger partial charge in [-0.05, 0) is 44.1 Å². The smallest absolute Gasteiger partial charge is 0.161 e. The molecular formula is C15H24N2O2. The van der Waals surface area contributed by atoms with Crippen molar-refractivity contribution in [3.8, 4) is 11.5 Å².